The van der Waals surface area contributed by atoms with E-state index in [-0.39, 0.29) is 23.3 Å². The van der Waals surface area contributed by atoms with Crippen LogP contribution in [0.1, 0.15) is 48.5 Å². The van der Waals surface area contributed by atoms with E-state index in [2.05, 4.69) is 5.32 Å². The first kappa shape index (κ1) is 20.7. The number of benzene rings is 1. The summed E-state index contributed by atoms with van der Waals surface area (Å²) in [5.74, 6) is -0.593. The van der Waals surface area contributed by atoms with Crippen LogP contribution in [0, 0.1) is 5.92 Å². The van der Waals surface area contributed by atoms with Crippen molar-refractivity contribution in [1.29, 1.82) is 0 Å². The number of nitrogens with one attached hydrogen (secondary N) is 1. The number of rotatable bonds is 8. The van der Waals surface area contributed by atoms with Gasteiger partial charge in [0, 0.05) is 26.1 Å². The van der Waals surface area contributed by atoms with Crippen LogP contribution in [0.4, 0.5) is 0 Å². The van der Waals surface area contributed by atoms with Gasteiger partial charge in [0.05, 0.1) is 18.6 Å². The van der Waals surface area contributed by atoms with Crippen LogP contribution in [0.25, 0.3) is 0 Å². The highest BCUT2D eigenvalue weighted by Gasteiger charge is 2.27. The summed E-state index contributed by atoms with van der Waals surface area (Å²) >= 11 is 0. The average Bonchev–Trinajstić information content (AvgIpc) is 2.68. The van der Waals surface area contributed by atoms with Gasteiger partial charge in [-0.25, -0.2) is 4.79 Å². The maximum Gasteiger partial charge on any atom is 0.335 e. The third-order valence-electron chi connectivity index (χ3n) is 4.84. The van der Waals surface area contributed by atoms with E-state index in [0.29, 0.717) is 31.7 Å². The number of carbonyl (C=O) groups is 3. The molecule has 2 amide bonds. The molecule has 0 radical (unpaired) electrons. The van der Waals surface area contributed by atoms with Crippen LogP contribution in [0.15, 0.2) is 18.2 Å². The Hall–Kier alpha value is -2.57. The second-order valence-corrected chi connectivity index (χ2v) is 6.80. The molecule has 1 fully saturated rings. The fraction of sp³-hybridized carbons (Fsp3) is 0.550. The number of methoxy groups -OCH3 is 1. The highest BCUT2D eigenvalue weighted by atomic mass is 16.5. The number of amides is 2. The molecule has 1 aliphatic rings. The first-order valence-corrected chi connectivity index (χ1v) is 9.42. The zero-order valence-corrected chi connectivity index (χ0v) is 16.0. The molecule has 1 unspecified atom stereocenters. The van der Waals surface area contributed by atoms with Gasteiger partial charge in [-0.2, -0.15) is 0 Å². The number of aromatic carboxylic acids is 1. The van der Waals surface area contributed by atoms with Gasteiger partial charge in [0.15, 0.2) is 0 Å². The van der Waals surface area contributed by atoms with Crippen LogP contribution in [0.5, 0.6) is 5.75 Å². The molecule has 7 nitrogen and oxygen atoms in total. The minimum absolute atomic E-state index is 0.0369. The molecule has 1 heterocycles. The molecule has 0 aromatic heterocycles. The standard InChI is InChI=1S/C20H28N2O5/c1-3-5-18(23)22-11-4-6-16(13-22)19(24)21-10-9-14-7-8-15(20(25)26)12-17(14)27-2/h7-8,12,16H,3-6,9-11,13H2,1-2H3,(H,21,24)(H,25,26). The van der Waals surface area contributed by atoms with Gasteiger partial charge in [-0.05, 0) is 43.4 Å². The Morgan fingerprint density at radius 2 is 2.11 bits per heavy atom. The quantitative estimate of drug-likeness (QED) is 0.724. The number of hydrogen-bond acceptors (Lipinski definition) is 4. The second kappa shape index (κ2) is 9.94. The molecule has 0 spiro atoms. The summed E-state index contributed by atoms with van der Waals surface area (Å²) < 4.78 is 5.25. The Labute approximate surface area is 159 Å². The molecule has 2 N–H and O–H groups in total. The van der Waals surface area contributed by atoms with Gasteiger partial charge in [-0.1, -0.05) is 13.0 Å². The molecule has 1 saturated heterocycles. The number of carboxylic acid groups (broad SMARTS) is 1. The Balaban J connectivity index is 1.87. The lowest BCUT2D eigenvalue weighted by molar-refractivity contribution is -0.135. The van der Waals surface area contributed by atoms with Gasteiger partial charge in [-0.3, -0.25) is 9.59 Å². The third kappa shape index (κ3) is 5.70. The fourth-order valence-corrected chi connectivity index (χ4v) is 3.34. The number of carboxylic acids is 1. The number of ether oxygens (including phenoxy) is 1. The van der Waals surface area contributed by atoms with Crippen molar-refractivity contribution in [2.45, 2.75) is 39.0 Å². The van der Waals surface area contributed by atoms with Crippen molar-refractivity contribution < 1.29 is 24.2 Å². The molecule has 148 valence electrons. The third-order valence-corrected chi connectivity index (χ3v) is 4.84. The molecule has 7 heteroatoms. The maximum absolute atomic E-state index is 12.5. The molecule has 27 heavy (non-hydrogen) atoms. The lowest BCUT2D eigenvalue weighted by atomic mass is 9.96. The fourth-order valence-electron chi connectivity index (χ4n) is 3.34. The van der Waals surface area contributed by atoms with Gasteiger partial charge >= 0.3 is 5.97 Å². The summed E-state index contributed by atoms with van der Waals surface area (Å²) in [7, 11) is 1.49. The summed E-state index contributed by atoms with van der Waals surface area (Å²) in [6.45, 7) is 3.63. The van der Waals surface area contributed by atoms with Crippen molar-refractivity contribution in [3.63, 3.8) is 0 Å². The van der Waals surface area contributed by atoms with E-state index in [1.165, 1.54) is 19.2 Å². The Kier molecular flexibility index (Phi) is 7.64. The van der Waals surface area contributed by atoms with Gasteiger partial charge in [0.25, 0.3) is 0 Å². The average molecular weight is 376 g/mol. The summed E-state index contributed by atoms with van der Waals surface area (Å²) in [6.07, 6.45) is 3.52. The molecule has 1 aromatic rings. The van der Waals surface area contributed by atoms with Crippen LogP contribution < -0.4 is 10.1 Å². The van der Waals surface area contributed by atoms with E-state index in [9.17, 15) is 14.4 Å². The van der Waals surface area contributed by atoms with Crippen molar-refractivity contribution in [1.82, 2.24) is 10.2 Å². The van der Waals surface area contributed by atoms with Crippen LogP contribution in [-0.2, 0) is 16.0 Å². The first-order valence-electron chi connectivity index (χ1n) is 9.42. The summed E-state index contributed by atoms with van der Waals surface area (Å²) in [4.78, 5) is 37.3. The van der Waals surface area contributed by atoms with Crippen LogP contribution in [0.2, 0.25) is 0 Å². The van der Waals surface area contributed by atoms with Crippen molar-refractivity contribution in [3.05, 3.63) is 29.3 Å². The number of likely N-dealkylation sites (tertiary alicyclic amines) is 1. The Bertz CT molecular complexity index is 689. The molecule has 0 saturated carbocycles. The first-order chi connectivity index (χ1) is 13.0. The largest absolute Gasteiger partial charge is 0.496 e. The Morgan fingerprint density at radius 3 is 2.78 bits per heavy atom. The normalized spacial score (nSPS) is 16.7. The van der Waals surface area contributed by atoms with Crippen LogP contribution >= 0.6 is 0 Å². The number of piperidine rings is 1. The topological polar surface area (TPSA) is 95.9 Å². The van der Waals surface area contributed by atoms with Gasteiger partial charge in [-0.15, -0.1) is 0 Å². The zero-order valence-electron chi connectivity index (χ0n) is 16.0. The van der Waals surface area contributed by atoms with Crippen molar-refractivity contribution in [2.24, 2.45) is 5.92 Å². The zero-order chi connectivity index (χ0) is 19.8. The van der Waals surface area contributed by atoms with Crippen LogP contribution in [0.3, 0.4) is 0 Å². The maximum atomic E-state index is 12.5. The molecule has 1 aromatic carbocycles. The van der Waals surface area contributed by atoms with Crippen LogP contribution in [-0.4, -0.2) is 54.5 Å². The molecule has 0 bridgehead atoms. The minimum Gasteiger partial charge on any atom is -0.496 e. The molecule has 2 rings (SSSR count). The highest BCUT2D eigenvalue weighted by molar-refractivity contribution is 5.88. The molecule has 0 aliphatic carbocycles. The van der Waals surface area contributed by atoms with Crippen molar-refractivity contribution in [3.8, 4) is 5.75 Å². The second-order valence-electron chi connectivity index (χ2n) is 6.80. The SMILES string of the molecule is CCCC(=O)N1CCCC(C(=O)NCCc2ccc(C(=O)O)cc2OC)C1. The van der Waals surface area contributed by atoms with E-state index >= 15 is 0 Å². The Morgan fingerprint density at radius 1 is 1.33 bits per heavy atom. The predicted molar refractivity (Wildman–Crippen MR) is 101 cm³/mol. The smallest absolute Gasteiger partial charge is 0.335 e. The van der Waals surface area contributed by atoms with Gasteiger partial charge in [0.2, 0.25) is 11.8 Å². The van der Waals surface area contributed by atoms with E-state index in [4.69, 9.17) is 9.84 Å². The summed E-state index contributed by atoms with van der Waals surface area (Å²) in [6, 6.07) is 4.72. The molecular weight excluding hydrogens is 348 g/mol. The predicted octanol–water partition coefficient (Wildman–Crippen LogP) is 2.09. The highest BCUT2D eigenvalue weighted by Crippen LogP contribution is 2.21. The van der Waals surface area contributed by atoms with Crippen molar-refractivity contribution in [2.75, 3.05) is 26.7 Å². The van der Waals surface area contributed by atoms with Gasteiger partial charge in [0.1, 0.15) is 5.75 Å². The minimum atomic E-state index is -1.01. The van der Waals surface area contributed by atoms with E-state index in [0.717, 1.165) is 31.4 Å². The van der Waals surface area contributed by atoms with E-state index in [1.807, 2.05) is 6.92 Å². The molecular formula is C20H28N2O5. The van der Waals surface area contributed by atoms with Gasteiger partial charge < -0.3 is 20.1 Å². The molecule has 1 aliphatic heterocycles. The number of hydrogen-bond donors (Lipinski definition) is 2. The van der Waals surface area contributed by atoms with Crippen molar-refractivity contribution >= 4 is 17.8 Å². The molecule has 1 atom stereocenters. The monoisotopic (exact) mass is 376 g/mol. The number of nitrogens with zero attached hydrogens (tertiary/aromatic N) is 1. The summed E-state index contributed by atoms with van der Waals surface area (Å²) in [5, 5.41) is 12.0. The number of carbonyl (C=O) groups excluding carboxylic acids is 2. The van der Waals surface area contributed by atoms with E-state index in [1.54, 1.807) is 11.0 Å². The van der Waals surface area contributed by atoms with E-state index < -0.39 is 5.97 Å². The lowest BCUT2D eigenvalue weighted by Gasteiger charge is -2.32. The summed E-state index contributed by atoms with van der Waals surface area (Å²) in [5.41, 5.74) is 1.00. The lowest BCUT2D eigenvalue weighted by Crippen LogP contribution is -2.45.